The Kier molecular flexibility index (Phi) is 8.84. The molecule has 0 saturated carbocycles. The van der Waals surface area contributed by atoms with E-state index >= 15 is 0 Å². The molecule has 1 aromatic heterocycles. The van der Waals surface area contributed by atoms with E-state index in [9.17, 15) is 18.8 Å². The molecular weight excluding hydrogens is 441 g/mol. The Morgan fingerprint density at radius 2 is 1.74 bits per heavy atom. The summed E-state index contributed by atoms with van der Waals surface area (Å²) in [6.45, 7) is 1.78. The average Bonchev–Trinajstić information content (AvgIpc) is 3.31. The SMILES string of the molecule is CC(=O)NCCC[C@H](NC(=O)Cn1cncn1)C(=O)Cc1ccc(Oc2ccc(F)cc2)cc1. The van der Waals surface area contributed by atoms with Crippen LogP contribution in [0.25, 0.3) is 0 Å². The number of rotatable bonds is 12. The molecule has 10 heteroatoms. The van der Waals surface area contributed by atoms with Crippen LogP contribution < -0.4 is 15.4 Å². The number of hydrogen-bond donors (Lipinski definition) is 2. The second-order valence-corrected chi connectivity index (χ2v) is 7.68. The molecule has 0 fully saturated rings. The molecule has 3 aromatic rings. The van der Waals surface area contributed by atoms with Crippen LogP contribution in [0.2, 0.25) is 0 Å². The van der Waals surface area contributed by atoms with Gasteiger partial charge in [0.2, 0.25) is 11.8 Å². The molecule has 1 atom stereocenters. The van der Waals surface area contributed by atoms with Crippen LogP contribution >= 0.6 is 0 Å². The van der Waals surface area contributed by atoms with Crippen molar-refractivity contribution in [1.82, 2.24) is 25.4 Å². The molecule has 3 rings (SSSR count). The first-order chi connectivity index (χ1) is 16.4. The zero-order valence-corrected chi connectivity index (χ0v) is 18.7. The fourth-order valence-corrected chi connectivity index (χ4v) is 3.22. The van der Waals surface area contributed by atoms with Gasteiger partial charge in [-0.05, 0) is 54.8 Å². The maximum absolute atomic E-state index is 13.0. The third-order valence-corrected chi connectivity index (χ3v) is 4.89. The van der Waals surface area contributed by atoms with E-state index in [1.165, 1.54) is 48.5 Å². The van der Waals surface area contributed by atoms with Gasteiger partial charge in [0, 0.05) is 19.9 Å². The molecule has 0 aliphatic rings. The van der Waals surface area contributed by atoms with Crippen molar-refractivity contribution in [1.29, 1.82) is 0 Å². The number of halogens is 1. The molecule has 1 heterocycles. The van der Waals surface area contributed by atoms with Crippen LogP contribution in [-0.2, 0) is 27.3 Å². The van der Waals surface area contributed by atoms with Crippen molar-refractivity contribution in [2.75, 3.05) is 6.54 Å². The van der Waals surface area contributed by atoms with E-state index < -0.39 is 6.04 Å². The van der Waals surface area contributed by atoms with E-state index in [1.54, 1.807) is 24.3 Å². The van der Waals surface area contributed by atoms with Crippen molar-refractivity contribution in [3.63, 3.8) is 0 Å². The Hall–Kier alpha value is -4.08. The van der Waals surface area contributed by atoms with Crippen LogP contribution in [-0.4, -0.2) is 44.9 Å². The zero-order chi connectivity index (χ0) is 24.3. The number of hydrogen-bond acceptors (Lipinski definition) is 6. The number of amides is 2. The summed E-state index contributed by atoms with van der Waals surface area (Å²) in [5.41, 5.74) is 0.758. The van der Waals surface area contributed by atoms with E-state index in [0.717, 1.165) is 5.56 Å². The van der Waals surface area contributed by atoms with E-state index in [2.05, 4.69) is 20.7 Å². The van der Waals surface area contributed by atoms with Gasteiger partial charge in [-0.2, -0.15) is 5.10 Å². The minimum Gasteiger partial charge on any atom is -0.457 e. The third kappa shape index (κ3) is 8.12. The summed E-state index contributed by atoms with van der Waals surface area (Å²) in [5.74, 6) is 0.0472. The van der Waals surface area contributed by atoms with Crippen LogP contribution in [0.15, 0.2) is 61.2 Å². The first-order valence-corrected chi connectivity index (χ1v) is 10.8. The van der Waals surface area contributed by atoms with E-state index in [4.69, 9.17) is 4.74 Å². The monoisotopic (exact) mass is 467 g/mol. The molecule has 0 radical (unpaired) electrons. The summed E-state index contributed by atoms with van der Waals surface area (Å²) < 4.78 is 20.1. The van der Waals surface area contributed by atoms with Gasteiger partial charge in [-0.15, -0.1) is 0 Å². The summed E-state index contributed by atoms with van der Waals surface area (Å²) in [5, 5.41) is 9.35. The van der Waals surface area contributed by atoms with Crippen LogP contribution in [0.3, 0.4) is 0 Å². The zero-order valence-electron chi connectivity index (χ0n) is 18.7. The lowest BCUT2D eigenvalue weighted by atomic mass is 10.00. The van der Waals surface area contributed by atoms with Gasteiger partial charge >= 0.3 is 0 Å². The molecule has 0 bridgehead atoms. The summed E-state index contributed by atoms with van der Waals surface area (Å²) >= 11 is 0. The number of ether oxygens (including phenoxy) is 1. The molecule has 34 heavy (non-hydrogen) atoms. The summed E-state index contributed by atoms with van der Waals surface area (Å²) in [7, 11) is 0. The van der Waals surface area contributed by atoms with Crippen LogP contribution in [0.5, 0.6) is 11.5 Å². The molecule has 0 spiro atoms. The first-order valence-electron chi connectivity index (χ1n) is 10.8. The number of nitrogens with zero attached hydrogens (tertiary/aromatic N) is 3. The highest BCUT2D eigenvalue weighted by atomic mass is 19.1. The predicted molar refractivity (Wildman–Crippen MR) is 121 cm³/mol. The standard InChI is InChI=1S/C24H26FN5O4/c1-17(31)27-12-2-3-22(29-24(33)14-30-16-26-15-28-30)23(32)13-18-4-8-20(9-5-18)34-21-10-6-19(25)7-11-21/h4-11,15-16,22H,2-3,12-14H2,1H3,(H,27,31)(H,29,33)/t22-/m0/s1. The molecule has 2 aromatic carbocycles. The summed E-state index contributed by atoms with van der Waals surface area (Å²) in [6, 6.07) is 11.9. The lowest BCUT2D eigenvalue weighted by Gasteiger charge is -2.18. The lowest BCUT2D eigenvalue weighted by Crippen LogP contribution is -2.43. The van der Waals surface area contributed by atoms with Crippen LogP contribution in [0, 0.1) is 5.82 Å². The molecule has 2 amide bonds. The summed E-state index contributed by atoms with van der Waals surface area (Å²) in [4.78, 5) is 40.3. The number of ketones is 1. The Balaban J connectivity index is 1.58. The van der Waals surface area contributed by atoms with Gasteiger partial charge in [-0.25, -0.2) is 14.1 Å². The molecular formula is C24H26FN5O4. The largest absolute Gasteiger partial charge is 0.457 e. The Labute approximate surface area is 196 Å². The molecule has 2 N–H and O–H groups in total. The van der Waals surface area contributed by atoms with Crippen LogP contribution in [0.1, 0.15) is 25.3 Å². The highest BCUT2D eigenvalue weighted by Gasteiger charge is 2.21. The number of carbonyl (C=O) groups excluding carboxylic acids is 3. The topological polar surface area (TPSA) is 115 Å². The molecule has 178 valence electrons. The normalized spacial score (nSPS) is 11.5. The lowest BCUT2D eigenvalue weighted by molar-refractivity contribution is -0.128. The molecule has 0 aliphatic heterocycles. The Morgan fingerprint density at radius 3 is 2.35 bits per heavy atom. The number of benzene rings is 2. The highest BCUT2D eigenvalue weighted by Crippen LogP contribution is 2.22. The van der Waals surface area contributed by atoms with Crippen molar-refractivity contribution in [2.24, 2.45) is 0 Å². The first kappa shape index (κ1) is 24.6. The van der Waals surface area contributed by atoms with Crippen molar-refractivity contribution < 1.29 is 23.5 Å². The molecule has 9 nitrogen and oxygen atoms in total. The fourth-order valence-electron chi connectivity index (χ4n) is 3.22. The van der Waals surface area contributed by atoms with Crippen molar-refractivity contribution >= 4 is 17.6 Å². The number of Topliss-reactive ketones (excluding diaryl/α,β-unsaturated/α-hetero) is 1. The second-order valence-electron chi connectivity index (χ2n) is 7.68. The van der Waals surface area contributed by atoms with E-state index in [1.807, 2.05) is 0 Å². The third-order valence-electron chi connectivity index (χ3n) is 4.89. The number of nitrogens with one attached hydrogen (secondary N) is 2. The fraction of sp³-hybridized carbons (Fsp3) is 0.292. The van der Waals surface area contributed by atoms with Crippen molar-refractivity contribution in [3.05, 3.63) is 72.6 Å². The highest BCUT2D eigenvalue weighted by molar-refractivity contribution is 5.90. The molecule has 0 unspecified atom stereocenters. The van der Waals surface area contributed by atoms with E-state index in [0.29, 0.717) is 30.9 Å². The molecule has 0 aliphatic carbocycles. The predicted octanol–water partition coefficient (Wildman–Crippen LogP) is 2.42. The molecule has 0 saturated heterocycles. The minimum atomic E-state index is -0.708. The Morgan fingerprint density at radius 1 is 1.06 bits per heavy atom. The van der Waals surface area contributed by atoms with Crippen molar-refractivity contribution in [3.8, 4) is 11.5 Å². The quantitative estimate of drug-likeness (QED) is 0.396. The smallest absolute Gasteiger partial charge is 0.242 e. The Bertz CT molecular complexity index is 1090. The van der Waals surface area contributed by atoms with Crippen molar-refractivity contribution in [2.45, 2.75) is 38.8 Å². The van der Waals surface area contributed by atoms with Gasteiger partial charge in [0.1, 0.15) is 36.5 Å². The second kappa shape index (κ2) is 12.2. The van der Waals surface area contributed by atoms with Gasteiger partial charge < -0.3 is 15.4 Å². The maximum Gasteiger partial charge on any atom is 0.242 e. The number of carbonyl (C=O) groups is 3. The van der Waals surface area contributed by atoms with E-state index in [-0.39, 0.29) is 36.4 Å². The number of aromatic nitrogens is 3. The maximum atomic E-state index is 13.0. The summed E-state index contributed by atoms with van der Waals surface area (Å²) in [6.07, 6.45) is 3.78. The van der Waals surface area contributed by atoms with Crippen LogP contribution in [0.4, 0.5) is 4.39 Å². The average molecular weight is 468 g/mol. The minimum absolute atomic E-state index is 0.0507. The van der Waals surface area contributed by atoms with Gasteiger partial charge in [0.05, 0.1) is 6.04 Å². The van der Waals surface area contributed by atoms with Gasteiger partial charge in [-0.1, -0.05) is 12.1 Å². The van der Waals surface area contributed by atoms with Gasteiger partial charge in [-0.3, -0.25) is 14.4 Å². The van der Waals surface area contributed by atoms with Gasteiger partial charge in [0.25, 0.3) is 0 Å². The van der Waals surface area contributed by atoms with Gasteiger partial charge in [0.15, 0.2) is 5.78 Å².